The highest BCUT2D eigenvalue weighted by atomic mass is 79.9. The van der Waals surface area contributed by atoms with Crippen LogP contribution >= 0.6 is 15.9 Å². The Morgan fingerprint density at radius 3 is 3.00 bits per heavy atom. The van der Waals surface area contributed by atoms with Crippen molar-refractivity contribution >= 4 is 15.9 Å². The third kappa shape index (κ3) is 1.80. The van der Waals surface area contributed by atoms with Crippen LogP contribution in [0.15, 0.2) is 21.3 Å². The molecule has 0 aromatic carbocycles. The van der Waals surface area contributed by atoms with Crippen LogP contribution in [0.2, 0.25) is 0 Å². The van der Waals surface area contributed by atoms with Gasteiger partial charge in [0, 0.05) is 12.0 Å². The summed E-state index contributed by atoms with van der Waals surface area (Å²) in [6.45, 7) is 2.59. The monoisotopic (exact) mass is 281 g/mol. The Bertz CT molecular complexity index is 513. The van der Waals surface area contributed by atoms with Gasteiger partial charge in [0.05, 0.1) is 22.9 Å². The second-order valence-electron chi connectivity index (χ2n) is 4.24. The van der Waals surface area contributed by atoms with Crippen LogP contribution in [0.4, 0.5) is 0 Å². The highest BCUT2D eigenvalue weighted by molar-refractivity contribution is 9.10. The predicted octanol–water partition coefficient (Wildman–Crippen LogP) is 2.87. The Morgan fingerprint density at radius 2 is 2.38 bits per heavy atom. The van der Waals surface area contributed by atoms with Crippen molar-refractivity contribution in [2.24, 2.45) is 0 Å². The van der Waals surface area contributed by atoms with Gasteiger partial charge in [0.25, 0.3) is 0 Å². The van der Waals surface area contributed by atoms with Gasteiger partial charge in [-0.3, -0.25) is 4.68 Å². The number of rotatable bonds is 3. The molecule has 16 heavy (non-hydrogen) atoms. The molecule has 1 saturated carbocycles. The minimum atomic E-state index is 0.671. The van der Waals surface area contributed by atoms with Crippen LogP contribution < -0.4 is 0 Å². The normalized spacial score (nSPS) is 15.6. The smallest absolute Gasteiger partial charge is 0.133 e. The molecule has 2 aromatic rings. The second-order valence-corrected chi connectivity index (χ2v) is 5.09. The van der Waals surface area contributed by atoms with E-state index in [1.165, 1.54) is 18.5 Å². The minimum Gasteiger partial charge on any atom is -0.361 e. The van der Waals surface area contributed by atoms with Gasteiger partial charge < -0.3 is 4.52 Å². The van der Waals surface area contributed by atoms with E-state index in [1.54, 1.807) is 0 Å². The van der Waals surface area contributed by atoms with E-state index in [4.69, 9.17) is 4.52 Å². The fourth-order valence-corrected chi connectivity index (χ4v) is 2.53. The van der Waals surface area contributed by atoms with Gasteiger partial charge in [-0.25, -0.2) is 0 Å². The zero-order valence-corrected chi connectivity index (χ0v) is 10.6. The SMILES string of the molecule is Cc1cc(Cn2ncc(Br)c2C2CC2)no1. The first kappa shape index (κ1) is 10.1. The summed E-state index contributed by atoms with van der Waals surface area (Å²) < 4.78 is 8.18. The number of hydrogen-bond donors (Lipinski definition) is 0. The lowest BCUT2D eigenvalue weighted by molar-refractivity contribution is 0.387. The summed E-state index contributed by atoms with van der Waals surface area (Å²) in [6, 6.07) is 1.95. The van der Waals surface area contributed by atoms with Crippen LogP contribution in [0.5, 0.6) is 0 Å². The molecule has 0 saturated heterocycles. The molecule has 2 aromatic heterocycles. The summed E-state index contributed by atoms with van der Waals surface area (Å²) in [7, 11) is 0. The van der Waals surface area contributed by atoms with Gasteiger partial charge >= 0.3 is 0 Å². The largest absolute Gasteiger partial charge is 0.361 e. The van der Waals surface area contributed by atoms with Crippen molar-refractivity contribution in [2.45, 2.75) is 32.2 Å². The van der Waals surface area contributed by atoms with E-state index in [0.29, 0.717) is 12.5 Å². The van der Waals surface area contributed by atoms with E-state index in [-0.39, 0.29) is 0 Å². The molecule has 0 spiro atoms. The Morgan fingerprint density at radius 1 is 1.56 bits per heavy atom. The number of halogens is 1. The summed E-state index contributed by atoms with van der Waals surface area (Å²) in [5, 5.41) is 8.36. The summed E-state index contributed by atoms with van der Waals surface area (Å²) in [4.78, 5) is 0. The summed E-state index contributed by atoms with van der Waals surface area (Å²) in [5.41, 5.74) is 2.22. The molecule has 0 N–H and O–H groups in total. The fourth-order valence-electron chi connectivity index (χ4n) is 1.91. The fraction of sp³-hybridized carbons (Fsp3) is 0.455. The molecule has 0 aliphatic heterocycles. The Kier molecular flexibility index (Phi) is 2.35. The molecule has 1 aliphatic rings. The quantitative estimate of drug-likeness (QED) is 0.869. The Labute approximate surface area is 102 Å². The van der Waals surface area contributed by atoms with E-state index >= 15 is 0 Å². The average Bonchev–Trinajstić information content (AvgIpc) is 2.91. The van der Waals surface area contributed by atoms with Crippen molar-refractivity contribution < 1.29 is 4.52 Å². The van der Waals surface area contributed by atoms with Crippen LogP contribution in [0, 0.1) is 6.92 Å². The third-order valence-corrected chi connectivity index (χ3v) is 3.40. The van der Waals surface area contributed by atoms with Crippen molar-refractivity contribution in [2.75, 3.05) is 0 Å². The molecule has 3 rings (SSSR count). The van der Waals surface area contributed by atoms with Gasteiger partial charge in [-0.15, -0.1) is 0 Å². The van der Waals surface area contributed by atoms with Crippen LogP contribution in [-0.4, -0.2) is 14.9 Å². The number of aromatic nitrogens is 3. The summed E-state index contributed by atoms with van der Waals surface area (Å²) in [5.74, 6) is 1.51. The topological polar surface area (TPSA) is 43.9 Å². The molecule has 2 heterocycles. The van der Waals surface area contributed by atoms with E-state index < -0.39 is 0 Å². The van der Waals surface area contributed by atoms with Gasteiger partial charge in [0.2, 0.25) is 0 Å². The maximum Gasteiger partial charge on any atom is 0.133 e. The van der Waals surface area contributed by atoms with Gasteiger partial charge in [0.1, 0.15) is 11.5 Å². The molecule has 0 unspecified atom stereocenters. The molecule has 1 fully saturated rings. The lowest BCUT2D eigenvalue weighted by Gasteiger charge is -2.04. The van der Waals surface area contributed by atoms with E-state index in [1.807, 2.05) is 23.9 Å². The molecule has 84 valence electrons. The van der Waals surface area contributed by atoms with Crippen molar-refractivity contribution in [3.05, 3.63) is 33.9 Å². The van der Waals surface area contributed by atoms with E-state index in [2.05, 4.69) is 26.2 Å². The Hall–Kier alpha value is -1.10. The average molecular weight is 282 g/mol. The van der Waals surface area contributed by atoms with Crippen LogP contribution in [0.1, 0.15) is 35.9 Å². The summed E-state index contributed by atoms with van der Waals surface area (Å²) in [6.07, 6.45) is 4.39. The molecule has 0 bridgehead atoms. The maximum atomic E-state index is 5.06. The molecule has 0 amide bonds. The maximum absolute atomic E-state index is 5.06. The minimum absolute atomic E-state index is 0.671. The predicted molar refractivity (Wildman–Crippen MR) is 62.2 cm³/mol. The lowest BCUT2D eigenvalue weighted by Crippen LogP contribution is -2.05. The second kappa shape index (κ2) is 3.73. The first-order chi connectivity index (χ1) is 7.74. The zero-order valence-electron chi connectivity index (χ0n) is 8.98. The zero-order chi connectivity index (χ0) is 11.1. The van der Waals surface area contributed by atoms with Crippen molar-refractivity contribution in [3.8, 4) is 0 Å². The van der Waals surface area contributed by atoms with Gasteiger partial charge in [-0.1, -0.05) is 5.16 Å². The lowest BCUT2D eigenvalue weighted by atomic mass is 10.3. The molecular formula is C11H12BrN3O. The number of nitrogens with zero attached hydrogens (tertiary/aromatic N) is 3. The standard InChI is InChI=1S/C11H12BrN3O/c1-7-4-9(14-16-7)6-15-11(8-2-3-8)10(12)5-13-15/h4-5,8H,2-3,6H2,1H3. The van der Waals surface area contributed by atoms with Crippen molar-refractivity contribution in [3.63, 3.8) is 0 Å². The van der Waals surface area contributed by atoms with E-state index in [9.17, 15) is 0 Å². The van der Waals surface area contributed by atoms with Crippen molar-refractivity contribution in [1.29, 1.82) is 0 Å². The van der Waals surface area contributed by atoms with E-state index in [0.717, 1.165) is 15.9 Å². The first-order valence-electron chi connectivity index (χ1n) is 5.37. The Balaban J connectivity index is 1.89. The molecule has 1 aliphatic carbocycles. The third-order valence-electron chi connectivity index (χ3n) is 2.79. The number of hydrogen-bond acceptors (Lipinski definition) is 3. The van der Waals surface area contributed by atoms with Crippen LogP contribution in [0.25, 0.3) is 0 Å². The van der Waals surface area contributed by atoms with Gasteiger partial charge in [-0.2, -0.15) is 5.10 Å². The molecular weight excluding hydrogens is 270 g/mol. The van der Waals surface area contributed by atoms with Gasteiger partial charge in [-0.05, 0) is 35.7 Å². The highest BCUT2D eigenvalue weighted by Gasteiger charge is 2.29. The molecule has 4 nitrogen and oxygen atoms in total. The molecule has 5 heteroatoms. The highest BCUT2D eigenvalue weighted by Crippen LogP contribution is 2.43. The van der Waals surface area contributed by atoms with Crippen LogP contribution in [0.3, 0.4) is 0 Å². The molecule has 0 radical (unpaired) electrons. The molecule has 0 atom stereocenters. The summed E-state index contributed by atoms with van der Waals surface area (Å²) >= 11 is 3.55. The van der Waals surface area contributed by atoms with Crippen LogP contribution in [-0.2, 0) is 6.54 Å². The number of aryl methyl sites for hydroxylation is 1. The first-order valence-corrected chi connectivity index (χ1v) is 6.17. The van der Waals surface area contributed by atoms with Crippen molar-refractivity contribution in [1.82, 2.24) is 14.9 Å². The van der Waals surface area contributed by atoms with Gasteiger partial charge in [0.15, 0.2) is 0 Å².